The van der Waals surface area contributed by atoms with Crippen LogP contribution in [0, 0.1) is 0 Å². The molecular weight excluding hydrogens is 266 g/mol. The van der Waals surface area contributed by atoms with E-state index < -0.39 is 9.84 Å². The van der Waals surface area contributed by atoms with E-state index in [1.807, 2.05) is 6.92 Å². The number of ether oxygens (including phenoxy) is 1. The molecular formula is C13H21NO4S. The van der Waals surface area contributed by atoms with E-state index >= 15 is 0 Å². The van der Waals surface area contributed by atoms with Crippen LogP contribution in [-0.4, -0.2) is 38.7 Å². The molecule has 5 nitrogen and oxygen atoms in total. The first-order valence-electron chi connectivity index (χ1n) is 6.25. The van der Waals surface area contributed by atoms with Crippen LogP contribution in [0.25, 0.3) is 0 Å². The molecule has 0 heterocycles. The third-order valence-corrected chi connectivity index (χ3v) is 3.55. The summed E-state index contributed by atoms with van der Waals surface area (Å²) in [5.74, 6) is 0.792. The number of hydrogen-bond acceptors (Lipinski definition) is 5. The number of sulfone groups is 1. The molecule has 0 saturated heterocycles. The lowest BCUT2D eigenvalue weighted by molar-refractivity contribution is 0.317. The number of hydrogen-bond donors (Lipinski definition) is 2. The second kappa shape index (κ2) is 7.35. The van der Waals surface area contributed by atoms with Crippen molar-refractivity contribution in [3.63, 3.8) is 0 Å². The van der Waals surface area contributed by atoms with Crippen molar-refractivity contribution >= 4 is 9.84 Å². The summed E-state index contributed by atoms with van der Waals surface area (Å²) >= 11 is 0. The van der Waals surface area contributed by atoms with Crippen molar-refractivity contribution in [2.75, 3.05) is 25.2 Å². The summed E-state index contributed by atoms with van der Waals surface area (Å²) < 4.78 is 27.2. The molecule has 0 aromatic heterocycles. The van der Waals surface area contributed by atoms with Gasteiger partial charge in [0.25, 0.3) is 0 Å². The maximum atomic E-state index is 10.9. The van der Waals surface area contributed by atoms with Gasteiger partial charge in [0.2, 0.25) is 0 Å². The Hall–Kier alpha value is -1.27. The molecule has 0 unspecified atom stereocenters. The van der Waals surface area contributed by atoms with Gasteiger partial charge in [0, 0.05) is 12.8 Å². The first kappa shape index (κ1) is 15.8. The Morgan fingerprint density at radius 3 is 2.74 bits per heavy atom. The lowest BCUT2D eigenvalue weighted by Gasteiger charge is -2.09. The van der Waals surface area contributed by atoms with Gasteiger partial charge >= 0.3 is 0 Å². The van der Waals surface area contributed by atoms with Gasteiger partial charge in [-0.1, -0.05) is 6.07 Å². The third-order valence-electron chi connectivity index (χ3n) is 2.52. The molecule has 19 heavy (non-hydrogen) atoms. The number of phenols is 1. The second-order valence-electron chi connectivity index (χ2n) is 4.40. The summed E-state index contributed by atoms with van der Waals surface area (Å²) in [4.78, 5) is 0. The molecule has 0 amide bonds. The van der Waals surface area contributed by atoms with Crippen LogP contribution >= 0.6 is 0 Å². The Kier molecular flexibility index (Phi) is 6.11. The van der Waals surface area contributed by atoms with Gasteiger partial charge in [0.15, 0.2) is 11.5 Å². The molecule has 0 aliphatic heterocycles. The monoisotopic (exact) mass is 287 g/mol. The molecule has 0 fully saturated rings. The van der Waals surface area contributed by atoms with E-state index in [0.29, 0.717) is 31.9 Å². The molecule has 0 atom stereocenters. The van der Waals surface area contributed by atoms with Gasteiger partial charge in [-0.2, -0.15) is 0 Å². The molecule has 0 aliphatic carbocycles. The van der Waals surface area contributed by atoms with Crippen LogP contribution in [0.15, 0.2) is 18.2 Å². The summed E-state index contributed by atoms with van der Waals surface area (Å²) in [7, 11) is -2.88. The van der Waals surface area contributed by atoms with Crippen molar-refractivity contribution in [1.29, 1.82) is 0 Å². The van der Waals surface area contributed by atoms with Crippen LogP contribution in [0.3, 0.4) is 0 Å². The molecule has 1 aromatic rings. The van der Waals surface area contributed by atoms with Gasteiger partial charge in [-0.25, -0.2) is 8.42 Å². The highest BCUT2D eigenvalue weighted by Gasteiger charge is 2.04. The van der Waals surface area contributed by atoms with Crippen molar-refractivity contribution in [1.82, 2.24) is 5.32 Å². The van der Waals surface area contributed by atoms with E-state index in [9.17, 15) is 13.5 Å². The number of aromatic hydroxyl groups is 1. The van der Waals surface area contributed by atoms with E-state index in [0.717, 1.165) is 5.56 Å². The normalized spacial score (nSPS) is 11.5. The average molecular weight is 287 g/mol. The Balaban J connectivity index is 2.39. The van der Waals surface area contributed by atoms with E-state index in [-0.39, 0.29) is 11.5 Å². The quantitative estimate of drug-likeness (QED) is 0.705. The number of phenolic OH excluding ortho intramolecular Hbond substituents is 1. The summed E-state index contributed by atoms with van der Waals surface area (Å²) in [6, 6.07) is 5.18. The fraction of sp³-hybridized carbons (Fsp3) is 0.538. The maximum Gasteiger partial charge on any atom is 0.161 e. The van der Waals surface area contributed by atoms with Crippen molar-refractivity contribution < 1.29 is 18.3 Å². The molecule has 0 radical (unpaired) electrons. The standard InChI is InChI=1S/C13H21NO4S/c1-3-18-13-9-11(5-6-12(13)15)10-14-7-4-8-19(2,16)17/h5-6,9,14-15H,3-4,7-8,10H2,1-2H3. The van der Waals surface area contributed by atoms with E-state index in [1.165, 1.54) is 6.26 Å². The van der Waals surface area contributed by atoms with Gasteiger partial charge in [0.1, 0.15) is 9.84 Å². The molecule has 0 spiro atoms. The van der Waals surface area contributed by atoms with Crippen LogP contribution in [0.2, 0.25) is 0 Å². The van der Waals surface area contributed by atoms with Crippen LogP contribution in [0.1, 0.15) is 18.9 Å². The summed E-state index contributed by atoms with van der Waals surface area (Å²) in [6.45, 7) is 3.61. The molecule has 1 rings (SSSR count). The molecule has 0 saturated carbocycles. The topological polar surface area (TPSA) is 75.6 Å². The zero-order valence-corrected chi connectivity index (χ0v) is 12.2. The molecule has 108 valence electrons. The average Bonchev–Trinajstić information content (AvgIpc) is 2.31. The highest BCUT2D eigenvalue weighted by atomic mass is 32.2. The first-order valence-corrected chi connectivity index (χ1v) is 8.31. The van der Waals surface area contributed by atoms with Crippen molar-refractivity contribution in [3.05, 3.63) is 23.8 Å². The second-order valence-corrected chi connectivity index (χ2v) is 6.66. The minimum absolute atomic E-state index is 0.127. The van der Waals surface area contributed by atoms with Gasteiger partial charge in [-0.15, -0.1) is 0 Å². The van der Waals surface area contributed by atoms with Crippen molar-refractivity contribution in [3.8, 4) is 11.5 Å². The highest BCUT2D eigenvalue weighted by Crippen LogP contribution is 2.26. The summed E-state index contributed by atoms with van der Waals surface area (Å²) in [6.07, 6.45) is 1.83. The minimum atomic E-state index is -2.88. The zero-order chi connectivity index (χ0) is 14.3. The third kappa shape index (κ3) is 6.45. The predicted octanol–water partition coefficient (Wildman–Crippen LogP) is 1.32. The zero-order valence-electron chi connectivity index (χ0n) is 11.3. The van der Waals surface area contributed by atoms with Crippen LogP contribution in [0.5, 0.6) is 11.5 Å². The Morgan fingerprint density at radius 1 is 1.37 bits per heavy atom. The van der Waals surface area contributed by atoms with Gasteiger partial charge in [-0.05, 0) is 37.6 Å². The van der Waals surface area contributed by atoms with Crippen LogP contribution in [0.4, 0.5) is 0 Å². The minimum Gasteiger partial charge on any atom is -0.504 e. The van der Waals surface area contributed by atoms with Gasteiger partial charge < -0.3 is 15.2 Å². The van der Waals surface area contributed by atoms with Gasteiger partial charge in [0.05, 0.1) is 12.4 Å². The van der Waals surface area contributed by atoms with Crippen molar-refractivity contribution in [2.45, 2.75) is 19.9 Å². The SMILES string of the molecule is CCOc1cc(CNCCCS(C)(=O)=O)ccc1O. The molecule has 0 aliphatic rings. The highest BCUT2D eigenvalue weighted by molar-refractivity contribution is 7.90. The Morgan fingerprint density at radius 2 is 2.11 bits per heavy atom. The molecule has 0 bridgehead atoms. The molecule has 2 N–H and O–H groups in total. The number of benzene rings is 1. The number of rotatable bonds is 8. The lowest BCUT2D eigenvalue weighted by atomic mass is 10.2. The van der Waals surface area contributed by atoms with Gasteiger partial charge in [-0.3, -0.25) is 0 Å². The van der Waals surface area contributed by atoms with E-state index in [2.05, 4.69) is 5.32 Å². The van der Waals surface area contributed by atoms with Crippen LogP contribution in [-0.2, 0) is 16.4 Å². The largest absolute Gasteiger partial charge is 0.504 e. The fourth-order valence-corrected chi connectivity index (χ4v) is 2.30. The number of nitrogens with one attached hydrogen (secondary N) is 1. The van der Waals surface area contributed by atoms with E-state index in [1.54, 1.807) is 18.2 Å². The Labute approximate surface area is 114 Å². The fourth-order valence-electron chi connectivity index (χ4n) is 1.63. The maximum absolute atomic E-state index is 10.9. The lowest BCUT2D eigenvalue weighted by Crippen LogP contribution is -2.17. The van der Waals surface area contributed by atoms with E-state index in [4.69, 9.17) is 4.74 Å². The van der Waals surface area contributed by atoms with Crippen molar-refractivity contribution in [2.24, 2.45) is 0 Å². The molecule has 6 heteroatoms. The predicted molar refractivity (Wildman–Crippen MR) is 75.3 cm³/mol. The van der Waals surface area contributed by atoms with Crippen LogP contribution < -0.4 is 10.1 Å². The Bertz CT molecular complexity index is 499. The first-order chi connectivity index (χ1) is 8.92. The summed E-state index contributed by atoms with van der Waals surface area (Å²) in [5, 5.41) is 12.7. The molecule has 1 aromatic carbocycles. The smallest absolute Gasteiger partial charge is 0.161 e. The summed E-state index contributed by atoms with van der Waals surface area (Å²) in [5.41, 5.74) is 0.987.